The van der Waals surface area contributed by atoms with E-state index in [1.807, 2.05) is 13.8 Å². The number of hydrogen-bond acceptors (Lipinski definition) is 3. The molecule has 0 unspecified atom stereocenters. The number of rotatable bonds is 5. The van der Waals surface area contributed by atoms with Crippen molar-refractivity contribution in [2.45, 2.75) is 50.5 Å². The largest absolute Gasteiger partial charge is 0.398 e. The lowest BCUT2D eigenvalue weighted by Crippen LogP contribution is -2.38. The first-order chi connectivity index (χ1) is 9.38. The molecule has 2 aliphatic rings. The van der Waals surface area contributed by atoms with Gasteiger partial charge in [0.15, 0.2) is 0 Å². The van der Waals surface area contributed by atoms with Crippen LogP contribution in [0.4, 0.5) is 5.69 Å². The summed E-state index contributed by atoms with van der Waals surface area (Å²) in [4.78, 5) is 0.296. The quantitative estimate of drug-likeness (QED) is 0.819. The third-order valence-electron chi connectivity index (χ3n) is 4.54. The molecule has 3 rings (SSSR count). The van der Waals surface area contributed by atoms with E-state index in [4.69, 9.17) is 5.73 Å². The van der Waals surface area contributed by atoms with Gasteiger partial charge >= 0.3 is 0 Å². The molecule has 20 heavy (non-hydrogen) atoms. The highest BCUT2D eigenvalue weighted by molar-refractivity contribution is 7.89. The van der Waals surface area contributed by atoms with Gasteiger partial charge < -0.3 is 5.73 Å². The number of nitrogens with two attached hydrogens (primary N) is 1. The number of hydrogen-bond donors (Lipinski definition) is 2. The molecule has 3 N–H and O–H groups in total. The highest BCUT2D eigenvalue weighted by atomic mass is 32.2. The molecule has 0 saturated heterocycles. The van der Waals surface area contributed by atoms with E-state index in [1.54, 1.807) is 12.1 Å². The van der Waals surface area contributed by atoms with Crippen LogP contribution in [-0.2, 0) is 10.0 Å². The van der Waals surface area contributed by atoms with E-state index in [0.29, 0.717) is 22.4 Å². The fourth-order valence-corrected chi connectivity index (χ4v) is 4.24. The number of nitrogen functional groups attached to an aromatic ring is 1. The van der Waals surface area contributed by atoms with Crippen molar-refractivity contribution in [3.8, 4) is 0 Å². The monoisotopic (exact) mass is 294 g/mol. The summed E-state index contributed by atoms with van der Waals surface area (Å²) >= 11 is 0. The van der Waals surface area contributed by atoms with E-state index in [9.17, 15) is 8.42 Å². The minimum Gasteiger partial charge on any atom is -0.398 e. The van der Waals surface area contributed by atoms with Gasteiger partial charge in [-0.25, -0.2) is 13.1 Å². The third-order valence-corrected chi connectivity index (χ3v) is 5.98. The number of aryl methyl sites for hydroxylation is 1. The molecule has 0 atom stereocenters. The molecule has 110 valence electrons. The molecule has 2 fully saturated rings. The van der Waals surface area contributed by atoms with Crippen LogP contribution in [0.15, 0.2) is 17.0 Å². The van der Waals surface area contributed by atoms with Gasteiger partial charge in [0.25, 0.3) is 0 Å². The van der Waals surface area contributed by atoms with Crippen molar-refractivity contribution in [2.24, 2.45) is 11.8 Å². The highest BCUT2D eigenvalue weighted by Gasteiger charge is 2.43. The topological polar surface area (TPSA) is 72.2 Å². The van der Waals surface area contributed by atoms with Crippen molar-refractivity contribution in [1.29, 1.82) is 0 Å². The Labute approximate surface area is 120 Å². The van der Waals surface area contributed by atoms with Crippen molar-refractivity contribution < 1.29 is 8.42 Å². The van der Waals surface area contributed by atoms with Crippen LogP contribution < -0.4 is 10.5 Å². The normalized spacial score (nSPS) is 19.6. The zero-order valence-corrected chi connectivity index (χ0v) is 12.8. The molecule has 0 amide bonds. The molecular formula is C15H22N2O2S. The van der Waals surface area contributed by atoms with Crippen LogP contribution in [0.1, 0.15) is 36.8 Å². The lowest BCUT2D eigenvalue weighted by Gasteiger charge is -2.18. The molecule has 0 radical (unpaired) electrons. The van der Waals surface area contributed by atoms with E-state index < -0.39 is 10.0 Å². The van der Waals surface area contributed by atoms with E-state index in [1.165, 1.54) is 0 Å². The SMILES string of the molecule is Cc1cc(S(=O)(=O)NC(C2CC2)C2CC2)cc(N)c1C. The van der Waals surface area contributed by atoms with E-state index in [0.717, 1.165) is 36.8 Å². The Bertz CT molecular complexity index is 596. The van der Waals surface area contributed by atoms with Gasteiger partial charge in [0.05, 0.1) is 4.90 Å². The van der Waals surface area contributed by atoms with Gasteiger partial charge in [0, 0.05) is 11.7 Å². The molecule has 2 saturated carbocycles. The van der Waals surface area contributed by atoms with Gasteiger partial charge in [-0.2, -0.15) is 0 Å². The summed E-state index contributed by atoms with van der Waals surface area (Å²) in [7, 11) is -3.46. The maximum atomic E-state index is 12.6. The average molecular weight is 294 g/mol. The molecule has 0 bridgehead atoms. The van der Waals surface area contributed by atoms with Crippen LogP contribution in [0, 0.1) is 25.7 Å². The molecule has 1 aromatic carbocycles. The van der Waals surface area contributed by atoms with Crippen molar-refractivity contribution in [2.75, 3.05) is 5.73 Å². The molecular weight excluding hydrogens is 272 g/mol. The third kappa shape index (κ3) is 2.69. The minimum absolute atomic E-state index is 0.128. The van der Waals surface area contributed by atoms with Crippen molar-refractivity contribution >= 4 is 15.7 Å². The van der Waals surface area contributed by atoms with Crippen LogP contribution in [0.25, 0.3) is 0 Å². The smallest absolute Gasteiger partial charge is 0.240 e. The number of nitrogens with one attached hydrogen (secondary N) is 1. The summed E-state index contributed by atoms with van der Waals surface area (Å²) in [5.74, 6) is 1.09. The van der Waals surface area contributed by atoms with Crippen LogP contribution in [-0.4, -0.2) is 14.5 Å². The van der Waals surface area contributed by atoms with E-state index in [2.05, 4.69) is 4.72 Å². The Hall–Kier alpha value is -1.07. The lowest BCUT2D eigenvalue weighted by atomic mass is 10.1. The fourth-order valence-electron chi connectivity index (χ4n) is 2.74. The first kappa shape index (κ1) is 13.9. The first-order valence-corrected chi connectivity index (χ1v) is 8.76. The van der Waals surface area contributed by atoms with Crippen molar-refractivity contribution in [3.63, 3.8) is 0 Å². The van der Waals surface area contributed by atoms with Gasteiger partial charge in [-0.15, -0.1) is 0 Å². The number of sulfonamides is 1. The van der Waals surface area contributed by atoms with Crippen molar-refractivity contribution in [3.05, 3.63) is 23.3 Å². The Morgan fingerprint density at radius 2 is 1.70 bits per heavy atom. The zero-order chi connectivity index (χ0) is 14.5. The van der Waals surface area contributed by atoms with Crippen LogP contribution in [0.5, 0.6) is 0 Å². The highest BCUT2D eigenvalue weighted by Crippen LogP contribution is 2.45. The maximum absolute atomic E-state index is 12.6. The van der Waals surface area contributed by atoms with Gasteiger partial charge in [-0.1, -0.05) is 0 Å². The molecule has 1 aromatic rings. The van der Waals surface area contributed by atoms with Crippen molar-refractivity contribution in [1.82, 2.24) is 4.72 Å². The Kier molecular flexibility index (Phi) is 3.29. The Balaban J connectivity index is 1.87. The second-order valence-electron chi connectivity index (χ2n) is 6.28. The molecule has 5 heteroatoms. The predicted octanol–water partition coefficient (Wildman–Crippen LogP) is 2.35. The maximum Gasteiger partial charge on any atom is 0.240 e. The summed E-state index contributed by atoms with van der Waals surface area (Å²) in [6.07, 6.45) is 4.61. The molecule has 0 heterocycles. The van der Waals surface area contributed by atoms with Crippen LogP contribution in [0.3, 0.4) is 0 Å². The first-order valence-electron chi connectivity index (χ1n) is 7.27. The number of anilines is 1. The summed E-state index contributed by atoms with van der Waals surface area (Å²) in [5, 5.41) is 0. The van der Waals surface area contributed by atoms with Gasteiger partial charge in [-0.05, 0) is 74.6 Å². The predicted molar refractivity (Wildman–Crippen MR) is 79.9 cm³/mol. The second kappa shape index (κ2) is 4.74. The minimum atomic E-state index is -3.46. The van der Waals surface area contributed by atoms with Gasteiger partial charge in [0.2, 0.25) is 10.0 Å². The van der Waals surface area contributed by atoms with Crippen LogP contribution in [0.2, 0.25) is 0 Å². The van der Waals surface area contributed by atoms with E-state index in [-0.39, 0.29) is 6.04 Å². The average Bonchev–Trinajstić information content (AvgIpc) is 3.26. The Morgan fingerprint density at radius 3 is 2.15 bits per heavy atom. The summed E-state index contributed by atoms with van der Waals surface area (Å²) < 4.78 is 28.0. The molecule has 4 nitrogen and oxygen atoms in total. The Morgan fingerprint density at radius 1 is 1.15 bits per heavy atom. The molecule has 0 aliphatic heterocycles. The summed E-state index contributed by atoms with van der Waals surface area (Å²) in [5.41, 5.74) is 8.31. The van der Waals surface area contributed by atoms with Crippen LogP contribution >= 0.6 is 0 Å². The fraction of sp³-hybridized carbons (Fsp3) is 0.600. The molecule has 0 spiro atoms. The summed E-state index contributed by atoms with van der Waals surface area (Å²) in [6, 6.07) is 3.41. The standard InChI is InChI=1S/C15H22N2O2S/c1-9-7-13(8-14(16)10(9)2)20(18,19)17-15(11-3-4-11)12-5-6-12/h7-8,11-12,15,17H,3-6,16H2,1-2H3. The molecule has 2 aliphatic carbocycles. The second-order valence-corrected chi connectivity index (χ2v) is 7.99. The van der Waals surface area contributed by atoms with Gasteiger partial charge in [0.1, 0.15) is 0 Å². The molecule has 0 aromatic heterocycles. The van der Waals surface area contributed by atoms with E-state index >= 15 is 0 Å². The lowest BCUT2D eigenvalue weighted by molar-refractivity contribution is 0.471. The zero-order valence-electron chi connectivity index (χ0n) is 12.0. The summed E-state index contributed by atoms with van der Waals surface area (Å²) in [6.45, 7) is 3.80. The number of benzene rings is 1. The van der Waals surface area contributed by atoms with Gasteiger partial charge in [-0.3, -0.25) is 0 Å².